The second kappa shape index (κ2) is 10.5. The molecule has 0 aromatic heterocycles. The summed E-state index contributed by atoms with van der Waals surface area (Å²) in [5.41, 5.74) is 2.92. The molecule has 1 aromatic rings. The van der Waals surface area contributed by atoms with Crippen LogP contribution in [0.15, 0.2) is 54.3 Å². The number of esters is 1. The lowest BCUT2D eigenvalue weighted by atomic mass is 9.57. The van der Waals surface area contributed by atoms with E-state index in [0.717, 1.165) is 42.5 Å². The molecule has 7 atom stereocenters. The zero-order valence-electron chi connectivity index (χ0n) is 20.9. The predicted octanol–water partition coefficient (Wildman–Crippen LogP) is 4.98. The van der Waals surface area contributed by atoms with Crippen LogP contribution in [0.25, 0.3) is 5.57 Å². The Balaban J connectivity index is 1.33. The Morgan fingerprint density at radius 3 is 2.89 bits per heavy atom. The highest BCUT2D eigenvalue weighted by Crippen LogP contribution is 2.53. The van der Waals surface area contributed by atoms with Crippen molar-refractivity contribution in [2.45, 2.75) is 51.7 Å². The Morgan fingerprint density at radius 1 is 1.28 bits per heavy atom. The fraction of sp³-hybridized carbons (Fsp3) is 0.517. The molecule has 2 aliphatic heterocycles. The molecule has 1 aromatic carbocycles. The third-order valence-electron chi connectivity index (χ3n) is 8.39. The number of carbonyl (C=O) groups excluding carboxylic acids is 2. The van der Waals surface area contributed by atoms with Crippen LogP contribution >= 0.6 is 0 Å². The minimum Gasteiger partial charge on any atom is -0.462 e. The van der Waals surface area contributed by atoms with E-state index < -0.39 is 0 Å². The third kappa shape index (κ3) is 5.06. The number of halogens is 1. The summed E-state index contributed by atoms with van der Waals surface area (Å²) in [6.45, 7) is 4.80. The van der Waals surface area contributed by atoms with Crippen LogP contribution in [0.1, 0.15) is 45.1 Å². The number of hydrogen-bond donors (Lipinski definition) is 2. The van der Waals surface area contributed by atoms with Gasteiger partial charge in [-0.2, -0.15) is 0 Å². The van der Waals surface area contributed by atoms with Crippen molar-refractivity contribution in [2.75, 3.05) is 13.2 Å². The van der Waals surface area contributed by atoms with E-state index in [9.17, 15) is 14.0 Å². The van der Waals surface area contributed by atoms with Gasteiger partial charge in [0.2, 0.25) is 0 Å². The maximum absolute atomic E-state index is 13.6. The van der Waals surface area contributed by atoms with Gasteiger partial charge in [-0.05, 0) is 92.7 Å². The molecule has 0 spiro atoms. The average Bonchev–Trinajstić information content (AvgIpc) is 3.15. The molecule has 2 N–H and O–H groups in total. The highest BCUT2D eigenvalue weighted by Gasteiger charge is 2.54. The molecule has 0 radical (unpaired) electrons. The van der Waals surface area contributed by atoms with E-state index in [1.807, 2.05) is 25.1 Å². The fourth-order valence-corrected chi connectivity index (χ4v) is 6.81. The molecule has 2 saturated carbocycles. The lowest BCUT2D eigenvalue weighted by molar-refractivity contribution is -0.144. The topological polar surface area (TPSA) is 76.7 Å². The lowest BCUT2D eigenvalue weighted by Crippen LogP contribution is -2.48. The summed E-state index contributed by atoms with van der Waals surface area (Å²) in [5, 5.41) is 6.45. The Kier molecular flexibility index (Phi) is 7.17. The Morgan fingerprint density at radius 2 is 2.14 bits per heavy atom. The minimum absolute atomic E-state index is 0.0791. The van der Waals surface area contributed by atoms with Crippen molar-refractivity contribution in [3.63, 3.8) is 0 Å². The standard InChI is InChI=1S/C29H35FN2O4/c1-3-35-29(34)32-23-10-11-24-20(14-23)15-26-27(17(2)36-28(26)33)25(24)12-9-22-8-7-19(16-31-22)18-5-4-6-21(30)13-18/h4-9,12-13,17,20,23-27,31H,3,10-11,14-16H2,1-2H3,(H,32,34)/b12-9+/t17-,20-,23-,24+,25-,26-,27-/m1/s1. The van der Waals surface area contributed by atoms with Crippen molar-refractivity contribution in [1.82, 2.24) is 10.6 Å². The summed E-state index contributed by atoms with van der Waals surface area (Å²) in [6, 6.07) is 6.72. The number of alkyl carbamates (subject to hydrolysis) is 1. The van der Waals surface area contributed by atoms with Crippen LogP contribution in [0.4, 0.5) is 9.18 Å². The van der Waals surface area contributed by atoms with Crippen LogP contribution in [-0.2, 0) is 14.3 Å². The summed E-state index contributed by atoms with van der Waals surface area (Å²) in [4.78, 5) is 24.7. The maximum Gasteiger partial charge on any atom is 0.407 e. The molecule has 1 amide bonds. The number of fused-ring (bicyclic) bond motifs is 2. The second-order valence-electron chi connectivity index (χ2n) is 10.5. The van der Waals surface area contributed by atoms with Gasteiger partial charge in [-0.25, -0.2) is 9.18 Å². The molecular weight excluding hydrogens is 459 g/mol. The molecule has 4 aliphatic rings. The Bertz CT molecular complexity index is 1100. The van der Waals surface area contributed by atoms with Gasteiger partial charge < -0.3 is 20.1 Å². The van der Waals surface area contributed by atoms with Crippen LogP contribution in [0.3, 0.4) is 0 Å². The van der Waals surface area contributed by atoms with Gasteiger partial charge in [0, 0.05) is 24.2 Å². The number of ether oxygens (including phenoxy) is 2. The molecule has 36 heavy (non-hydrogen) atoms. The first-order valence-electron chi connectivity index (χ1n) is 13.2. The lowest BCUT2D eigenvalue weighted by Gasteiger charge is -2.47. The number of rotatable bonds is 5. The number of benzene rings is 1. The molecule has 1 saturated heterocycles. The number of hydrogen-bond acceptors (Lipinski definition) is 5. The molecule has 6 nitrogen and oxygen atoms in total. The summed E-state index contributed by atoms with van der Waals surface area (Å²) in [6.07, 6.45) is 11.6. The molecule has 3 fully saturated rings. The monoisotopic (exact) mass is 494 g/mol. The minimum atomic E-state index is -0.360. The smallest absolute Gasteiger partial charge is 0.407 e. The predicted molar refractivity (Wildman–Crippen MR) is 135 cm³/mol. The SMILES string of the molecule is CCOC(=O)N[C@@H]1CC[C@H]2[C@H](C1)C[C@H]1C(=O)O[C@H](C)[C@@H]1[C@@H]2/C=C/C1=CC=C(c2cccc(F)c2)CN1. The molecule has 0 unspecified atom stereocenters. The molecular formula is C29H35FN2O4. The fourth-order valence-electron chi connectivity index (χ4n) is 6.81. The summed E-state index contributed by atoms with van der Waals surface area (Å²) in [7, 11) is 0. The van der Waals surface area contributed by atoms with E-state index >= 15 is 0 Å². The molecule has 2 heterocycles. The second-order valence-corrected chi connectivity index (χ2v) is 10.5. The Labute approximate surface area is 212 Å². The molecule has 0 bridgehead atoms. The molecule has 192 valence electrons. The summed E-state index contributed by atoms with van der Waals surface area (Å²) >= 11 is 0. The van der Waals surface area contributed by atoms with E-state index in [0.29, 0.717) is 25.0 Å². The van der Waals surface area contributed by atoms with E-state index in [2.05, 4.69) is 22.8 Å². The first kappa shape index (κ1) is 24.6. The van der Waals surface area contributed by atoms with Crippen LogP contribution in [-0.4, -0.2) is 37.4 Å². The quantitative estimate of drug-likeness (QED) is 0.565. The van der Waals surface area contributed by atoms with Gasteiger partial charge in [0.1, 0.15) is 11.9 Å². The van der Waals surface area contributed by atoms with Crippen molar-refractivity contribution >= 4 is 17.6 Å². The van der Waals surface area contributed by atoms with Gasteiger partial charge in [-0.15, -0.1) is 0 Å². The van der Waals surface area contributed by atoms with Gasteiger partial charge in [0.25, 0.3) is 0 Å². The van der Waals surface area contributed by atoms with E-state index in [-0.39, 0.29) is 47.8 Å². The van der Waals surface area contributed by atoms with Gasteiger partial charge in [0.05, 0.1) is 12.5 Å². The van der Waals surface area contributed by atoms with Crippen molar-refractivity contribution in [3.8, 4) is 0 Å². The average molecular weight is 495 g/mol. The van der Waals surface area contributed by atoms with E-state index in [1.165, 1.54) is 6.07 Å². The third-order valence-corrected chi connectivity index (χ3v) is 8.39. The summed E-state index contributed by atoms with van der Waals surface area (Å²) < 4.78 is 24.4. The first-order valence-corrected chi connectivity index (χ1v) is 13.2. The van der Waals surface area contributed by atoms with Crippen LogP contribution in [0, 0.1) is 35.4 Å². The molecule has 7 heteroatoms. The van der Waals surface area contributed by atoms with Crippen molar-refractivity contribution in [1.29, 1.82) is 0 Å². The number of allylic oxidation sites excluding steroid dienone is 4. The highest BCUT2D eigenvalue weighted by molar-refractivity contribution is 5.75. The summed E-state index contributed by atoms with van der Waals surface area (Å²) in [5.74, 6) is 0.795. The van der Waals surface area contributed by atoms with Crippen molar-refractivity contribution in [2.24, 2.45) is 29.6 Å². The number of nitrogens with one attached hydrogen (secondary N) is 2. The van der Waals surface area contributed by atoms with Crippen molar-refractivity contribution in [3.05, 3.63) is 65.6 Å². The van der Waals surface area contributed by atoms with Crippen molar-refractivity contribution < 1.29 is 23.5 Å². The normalized spacial score (nSPS) is 33.5. The number of cyclic esters (lactones) is 1. The van der Waals surface area contributed by atoms with Crippen LogP contribution in [0.5, 0.6) is 0 Å². The van der Waals surface area contributed by atoms with Gasteiger partial charge in [0.15, 0.2) is 0 Å². The zero-order valence-corrected chi connectivity index (χ0v) is 20.9. The van der Waals surface area contributed by atoms with Crippen LogP contribution < -0.4 is 10.6 Å². The number of carbonyl (C=O) groups is 2. The highest BCUT2D eigenvalue weighted by atomic mass is 19.1. The maximum atomic E-state index is 13.6. The van der Waals surface area contributed by atoms with Gasteiger partial charge in [-0.1, -0.05) is 24.3 Å². The molecule has 2 aliphatic carbocycles. The Hall–Kier alpha value is -3.09. The van der Waals surface area contributed by atoms with Gasteiger partial charge >= 0.3 is 12.1 Å². The largest absolute Gasteiger partial charge is 0.462 e. The zero-order chi connectivity index (χ0) is 25.2. The first-order chi connectivity index (χ1) is 17.4. The molecule has 5 rings (SSSR count). The number of amides is 1. The van der Waals surface area contributed by atoms with Gasteiger partial charge in [-0.3, -0.25) is 4.79 Å². The van der Waals surface area contributed by atoms with Crippen LogP contribution in [0.2, 0.25) is 0 Å². The number of dihydropyridines is 1. The van der Waals surface area contributed by atoms with E-state index in [1.54, 1.807) is 19.1 Å². The van der Waals surface area contributed by atoms with E-state index in [4.69, 9.17) is 9.47 Å².